The molecule has 1 aliphatic heterocycles. The van der Waals surface area contributed by atoms with Gasteiger partial charge in [0.15, 0.2) is 4.58 Å². The molecule has 0 bridgehead atoms. The Kier molecular flexibility index (Phi) is 6.59. The van der Waals surface area contributed by atoms with Crippen LogP contribution in [0.4, 0.5) is 13.2 Å². The molecule has 1 heterocycles. The molecule has 1 aliphatic carbocycles. The Bertz CT molecular complexity index is 1360. The standard InChI is InChI=1S/C19H16F3N.C5H6O3S2/c20-19(21,22)16-10-15-13(12-5-1-2-6-14(12)16)9-8-11-4-3-7-17(23)18(11)15;6-10(7,8)5-3-1-2-4-9-5/h1-2,5-6,8-10,17H,3-4,7,23H2;1-5H,(H,6,7,8). The molecule has 0 radical (unpaired) electrons. The molecule has 0 fully saturated rings. The van der Waals surface area contributed by atoms with Crippen molar-refractivity contribution in [3.8, 4) is 0 Å². The van der Waals surface area contributed by atoms with Crippen LogP contribution in [0.1, 0.15) is 35.6 Å². The van der Waals surface area contributed by atoms with Gasteiger partial charge in [-0.25, -0.2) is 0 Å². The van der Waals surface area contributed by atoms with E-state index in [4.69, 9.17) is 10.3 Å². The highest BCUT2D eigenvalue weighted by Gasteiger charge is 2.34. The number of thioether (sulfide) groups is 1. The molecule has 174 valence electrons. The number of fused-ring (bicyclic) bond motifs is 5. The predicted molar refractivity (Wildman–Crippen MR) is 128 cm³/mol. The lowest BCUT2D eigenvalue weighted by Crippen LogP contribution is -2.18. The van der Waals surface area contributed by atoms with Crippen LogP contribution in [0.5, 0.6) is 0 Å². The zero-order valence-electron chi connectivity index (χ0n) is 17.4. The van der Waals surface area contributed by atoms with Crippen LogP contribution < -0.4 is 5.73 Å². The van der Waals surface area contributed by atoms with Gasteiger partial charge in [-0.3, -0.25) is 4.55 Å². The molecule has 33 heavy (non-hydrogen) atoms. The summed E-state index contributed by atoms with van der Waals surface area (Å²) >= 11 is 1.06. The summed E-state index contributed by atoms with van der Waals surface area (Å²) in [6, 6.07) is 11.8. The first-order valence-electron chi connectivity index (χ1n) is 10.3. The van der Waals surface area contributed by atoms with Gasteiger partial charge in [0.1, 0.15) is 0 Å². The molecule has 9 heteroatoms. The first-order chi connectivity index (χ1) is 15.6. The minimum absolute atomic E-state index is 0.190. The maximum absolute atomic E-state index is 13.5. The number of hydrogen-bond donors (Lipinski definition) is 2. The first kappa shape index (κ1) is 23.8. The molecule has 3 aromatic carbocycles. The van der Waals surface area contributed by atoms with E-state index in [1.165, 1.54) is 18.2 Å². The van der Waals surface area contributed by atoms with Gasteiger partial charge in [0.2, 0.25) is 0 Å². The molecule has 3 N–H and O–H groups in total. The largest absolute Gasteiger partial charge is 0.417 e. The second-order valence-electron chi connectivity index (χ2n) is 7.93. The molecular formula is C24H22F3NO3S2. The summed E-state index contributed by atoms with van der Waals surface area (Å²) in [6.07, 6.45) is 3.05. The maximum atomic E-state index is 13.5. The highest BCUT2D eigenvalue weighted by Crippen LogP contribution is 2.42. The predicted octanol–water partition coefficient (Wildman–Crippen LogP) is 6.36. The number of hydrogen-bond acceptors (Lipinski definition) is 4. The molecule has 0 spiro atoms. The Morgan fingerprint density at radius 3 is 2.30 bits per heavy atom. The summed E-state index contributed by atoms with van der Waals surface area (Å²) in [5.41, 5.74) is 7.63. The molecule has 2 unspecified atom stereocenters. The molecule has 0 aromatic heterocycles. The number of allylic oxidation sites excluding steroid dienone is 2. The van der Waals surface area contributed by atoms with Crippen LogP contribution in [0.2, 0.25) is 0 Å². The molecule has 4 nitrogen and oxygen atoms in total. The van der Waals surface area contributed by atoms with Crippen molar-refractivity contribution in [2.45, 2.75) is 36.1 Å². The average molecular weight is 494 g/mol. The molecule has 2 aliphatic rings. The third-order valence-electron chi connectivity index (χ3n) is 5.78. The number of rotatable bonds is 1. The molecule has 0 amide bonds. The van der Waals surface area contributed by atoms with Crippen LogP contribution in [-0.2, 0) is 22.7 Å². The summed E-state index contributed by atoms with van der Waals surface area (Å²) in [6.45, 7) is 0. The van der Waals surface area contributed by atoms with Crippen LogP contribution >= 0.6 is 11.8 Å². The number of nitrogens with two attached hydrogens (primary N) is 1. The van der Waals surface area contributed by atoms with Crippen molar-refractivity contribution in [2.24, 2.45) is 5.73 Å². The second kappa shape index (κ2) is 9.13. The summed E-state index contributed by atoms with van der Waals surface area (Å²) in [5.74, 6) is 0. The Balaban J connectivity index is 0.000000219. The van der Waals surface area contributed by atoms with E-state index in [1.807, 2.05) is 12.1 Å². The van der Waals surface area contributed by atoms with E-state index in [1.54, 1.807) is 35.8 Å². The first-order valence-corrected chi connectivity index (χ1v) is 12.8. The van der Waals surface area contributed by atoms with Crippen molar-refractivity contribution in [2.75, 3.05) is 0 Å². The highest BCUT2D eigenvalue weighted by molar-refractivity contribution is 8.13. The van der Waals surface area contributed by atoms with Gasteiger partial charge >= 0.3 is 6.18 Å². The monoisotopic (exact) mass is 493 g/mol. The molecule has 0 saturated carbocycles. The third-order valence-corrected chi connectivity index (χ3v) is 8.32. The number of aryl methyl sites for hydroxylation is 1. The summed E-state index contributed by atoms with van der Waals surface area (Å²) < 4.78 is 69.2. The fraction of sp³-hybridized carbons (Fsp3) is 0.250. The number of benzene rings is 3. The SMILES string of the molecule is NC1CCCc2ccc3c(cc(C(F)(F)F)c4ccccc43)c21.O=S(=O)(O)C1C=CC=CS1. The third kappa shape index (κ3) is 4.96. The molecule has 3 aromatic rings. The van der Waals surface area contributed by atoms with E-state index >= 15 is 0 Å². The Hall–Kier alpha value is -2.33. The maximum Gasteiger partial charge on any atom is 0.417 e. The number of halogens is 3. The van der Waals surface area contributed by atoms with Gasteiger partial charge in [0, 0.05) is 6.04 Å². The van der Waals surface area contributed by atoms with Crippen molar-refractivity contribution < 1.29 is 26.1 Å². The highest BCUT2D eigenvalue weighted by atomic mass is 32.3. The van der Waals surface area contributed by atoms with Crippen molar-refractivity contribution in [3.05, 3.63) is 82.8 Å². The summed E-state index contributed by atoms with van der Waals surface area (Å²) in [5, 5.41) is 4.01. The van der Waals surface area contributed by atoms with Crippen molar-refractivity contribution in [3.63, 3.8) is 0 Å². The van der Waals surface area contributed by atoms with Crippen LogP contribution in [0.25, 0.3) is 21.5 Å². The Morgan fingerprint density at radius 2 is 1.70 bits per heavy atom. The Labute approximate surface area is 194 Å². The van der Waals surface area contributed by atoms with Gasteiger partial charge in [-0.15, -0.1) is 11.8 Å². The van der Waals surface area contributed by atoms with E-state index in [-0.39, 0.29) is 11.4 Å². The smallest absolute Gasteiger partial charge is 0.324 e. The summed E-state index contributed by atoms with van der Waals surface area (Å²) in [4.78, 5) is 0. The topological polar surface area (TPSA) is 80.4 Å². The quantitative estimate of drug-likeness (QED) is 0.304. The van der Waals surface area contributed by atoms with Gasteiger partial charge in [-0.1, -0.05) is 54.6 Å². The van der Waals surface area contributed by atoms with Crippen molar-refractivity contribution in [1.82, 2.24) is 0 Å². The van der Waals surface area contributed by atoms with Crippen molar-refractivity contribution >= 4 is 43.4 Å². The number of alkyl halides is 3. The zero-order chi connectivity index (χ0) is 23.8. The Morgan fingerprint density at radius 1 is 1.00 bits per heavy atom. The van der Waals surface area contributed by atoms with Crippen LogP contribution in [0, 0.1) is 0 Å². The van der Waals surface area contributed by atoms with Crippen LogP contribution in [-0.4, -0.2) is 17.6 Å². The van der Waals surface area contributed by atoms with E-state index in [0.717, 1.165) is 47.5 Å². The molecule has 5 rings (SSSR count). The van der Waals surface area contributed by atoms with Crippen LogP contribution in [0.15, 0.2) is 66.1 Å². The molecule has 2 atom stereocenters. The minimum atomic E-state index is -4.38. The van der Waals surface area contributed by atoms with Gasteiger partial charge in [0.25, 0.3) is 10.1 Å². The lowest BCUT2D eigenvalue weighted by atomic mass is 9.83. The van der Waals surface area contributed by atoms with Gasteiger partial charge in [-0.05, 0) is 63.4 Å². The molecule has 0 saturated heterocycles. The average Bonchev–Trinajstić information content (AvgIpc) is 2.78. The van der Waals surface area contributed by atoms with Crippen molar-refractivity contribution in [1.29, 1.82) is 0 Å². The van der Waals surface area contributed by atoms with E-state index in [9.17, 15) is 21.6 Å². The van der Waals surface area contributed by atoms with Gasteiger partial charge in [-0.2, -0.15) is 21.6 Å². The second-order valence-corrected chi connectivity index (χ2v) is 10.8. The van der Waals surface area contributed by atoms with E-state index in [2.05, 4.69) is 0 Å². The summed E-state index contributed by atoms with van der Waals surface area (Å²) in [7, 11) is -3.90. The van der Waals surface area contributed by atoms with E-state index < -0.39 is 26.4 Å². The van der Waals surface area contributed by atoms with Gasteiger partial charge in [0.05, 0.1) is 5.56 Å². The zero-order valence-corrected chi connectivity index (χ0v) is 19.1. The lowest BCUT2D eigenvalue weighted by Gasteiger charge is -2.25. The lowest BCUT2D eigenvalue weighted by molar-refractivity contribution is -0.136. The fourth-order valence-corrected chi connectivity index (χ4v) is 5.89. The van der Waals surface area contributed by atoms with Crippen LogP contribution in [0.3, 0.4) is 0 Å². The van der Waals surface area contributed by atoms with Gasteiger partial charge < -0.3 is 5.73 Å². The molecular weight excluding hydrogens is 471 g/mol. The fourth-order valence-electron chi connectivity index (χ4n) is 4.33. The normalized spacial score (nSPS) is 20.4. The van der Waals surface area contributed by atoms with E-state index in [0.29, 0.717) is 10.8 Å². The minimum Gasteiger partial charge on any atom is -0.324 e.